The number of carbonyl (C=O) groups excluding carboxylic acids is 1. The molecule has 0 bridgehead atoms. The molecule has 2 N–H and O–H groups in total. The number of hydrogen-bond donors (Lipinski definition) is 2. The highest BCUT2D eigenvalue weighted by molar-refractivity contribution is 5.92. The molecule has 1 amide bonds. The SMILES string of the molecule is CCC1(CNC(=O)c2ccc(/C=C/C(=O)O)cn2)CC1. The lowest BCUT2D eigenvalue weighted by Gasteiger charge is -2.12. The summed E-state index contributed by atoms with van der Waals surface area (Å²) in [6, 6.07) is 3.27. The van der Waals surface area contributed by atoms with Gasteiger partial charge in [0.1, 0.15) is 5.69 Å². The van der Waals surface area contributed by atoms with Crippen LogP contribution in [0.2, 0.25) is 0 Å². The second kappa shape index (κ2) is 5.86. The number of aromatic nitrogens is 1. The molecule has 0 radical (unpaired) electrons. The lowest BCUT2D eigenvalue weighted by Crippen LogP contribution is -2.30. The van der Waals surface area contributed by atoms with Gasteiger partial charge in [0, 0.05) is 18.8 Å². The Morgan fingerprint density at radius 3 is 2.70 bits per heavy atom. The minimum atomic E-state index is -1.01. The predicted octanol–water partition coefficient (Wildman–Crippen LogP) is 2.10. The Bertz CT molecular complexity index is 531. The fourth-order valence-corrected chi connectivity index (χ4v) is 2.00. The van der Waals surface area contributed by atoms with E-state index < -0.39 is 5.97 Å². The monoisotopic (exact) mass is 274 g/mol. The van der Waals surface area contributed by atoms with Crippen LogP contribution in [0.3, 0.4) is 0 Å². The number of hydrogen-bond acceptors (Lipinski definition) is 3. The summed E-state index contributed by atoms with van der Waals surface area (Å²) in [7, 11) is 0. The van der Waals surface area contributed by atoms with Crippen molar-refractivity contribution in [2.75, 3.05) is 6.54 Å². The molecule has 1 aliphatic rings. The van der Waals surface area contributed by atoms with Gasteiger partial charge >= 0.3 is 5.97 Å². The van der Waals surface area contributed by atoms with Crippen LogP contribution < -0.4 is 5.32 Å². The van der Waals surface area contributed by atoms with Gasteiger partial charge in [-0.1, -0.05) is 13.0 Å². The van der Waals surface area contributed by atoms with E-state index in [1.807, 2.05) is 0 Å². The summed E-state index contributed by atoms with van der Waals surface area (Å²) < 4.78 is 0. The van der Waals surface area contributed by atoms with Gasteiger partial charge in [0.25, 0.3) is 5.91 Å². The fraction of sp³-hybridized carbons (Fsp3) is 0.400. The lowest BCUT2D eigenvalue weighted by molar-refractivity contribution is -0.131. The molecule has 1 aliphatic carbocycles. The molecule has 5 nitrogen and oxygen atoms in total. The fourth-order valence-electron chi connectivity index (χ4n) is 2.00. The molecule has 2 rings (SSSR count). The van der Waals surface area contributed by atoms with Crippen molar-refractivity contribution in [3.8, 4) is 0 Å². The van der Waals surface area contributed by atoms with Gasteiger partial charge in [-0.25, -0.2) is 4.79 Å². The standard InChI is InChI=1S/C15H18N2O3/c1-2-15(7-8-15)10-17-14(20)12-5-3-11(9-16-12)4-6-13(18)19/h3-6,9H,2,7-8,10H2,1H3,(H,17,20)(H,18,19)/b6-4+. The molecule has 0 saturated heterocycles. The van der Waals surface area contributed by atoms with E-state index in [-0.39, 0.29) is 5.91 Å². The van der Waals surface area contributed by atoms with Crippen molar-refractivity contribution in [1.82, 2.24) is 10.3 Å². The van der Waals surface area contributed by atoms with Crippen LogP contribution in [0.25, 0.3) is 6.08 Å². The van der Waals surface area contributed by atoms with Crippen LogP contribution in [0.4, 0.5) is 0 Å². The average Bonchev–Trinajstić information content (AvgIpc) is 3.24. The molecular weight excluding hydrogens is 256 g/mol. The van der Waals surface area contributed by atoms with Crippen LogP contribution in [0.15, 0.2) is 24.4 Å². The Morgan fingerprint density at radius 2 is 2.20 bits per heavy atom. The van der Waals surface area contributed by atoms with Gasteiger partial charge in [0.2, 0.25) is 0 Å². The molecule has 5 heteroatoms. The topological polar surface area (TPSA) is 79.3 Å². The first kappa shape index (κ1) is 14.2. The van der Waals surface area contributed by atoms with Crippen molar-refractivity contribution in [2.24, 2.45) is 5.41 Å². The highest BCUT2D eigenvalue weighted by Gasteiger charge is 2.40. The molecule has 1 aromatic heterocycles. The molecule has 20 heavy (non-hydrogen) atoms. The van der Waals surface area contributed by atoms with Crippen LogP contribution in [0.5, 0.6) is 0 Å². The molecule has 1 fully saturated rings. The summed E-state index contributed by atoms with van der Waals surface area (Å²) in [5, 5.41) is 11.4. The summed E-state index contributed by atoms with van der Waals surface area (Å²) in [5.74, 6) is -1.19. The number of rotatable bonds is 6. The van der Waals surface area contributed by atoms with Crippen molar-refractivity contribution in [2.45, 2.75) is 26.2 Å². The largest absolute Gasteiger partial charge is 0.478 e. The normalized spacial score (nSPS) is 16.1. The third-order valence-electron chi connectivity index (χ3n) is 3.77. The molecule has 0 unspecified atom stereocenters. The third kappa shape index (κ3) is 3.66. The van der Waals surface area contributed by atoms with E-state index in [4.69, 9.17) is 5.11 Å². The number of nitrogens with one attached hydrogen (secondary N) is 1. The smallest absolute Gasteiger partial charge is 0.328 e. The molecule has 0 aromatic carbocycles. The molecule has 106 valence electrons. The summed E-state index contributed by atoms with van der Waals surface area (Å²) >= 11 is 0. The molecule has 1 saturated carbocycles. The minimum absolute atomic E-state index is 0.182. The number of carbonyl (C=O) groups is 2. The highest BCUT2D eigenvalue weighted by atomic mass is 16.4. The second-order valence-electron chi connectivity index (χ2n) is 5.18. The van der Waals surface area contributed by atoms with E-state index in [2.05, 4.69) is 17.2 Å². The van der Waals surface area contributed by atoms with Crippen molar-refractivity contribution < 1.29 is 14.7 Å². The second-order valence-corrected chi connectivity index (χ2v) is 5.18. The van der Waals surface area contributed by atoms with Crippen LogP contribution in [0.1, 0.15) is 42.2 Å². The van der Waals surface area contributed by atoms with Gasteiger partial charge in [-0.15, -0.1) is 0 Å². The Morgan fingerprint density at radius 1 is 1.45 bits per heavy atom. The van der Waals surface area contributed by atoms with Crippen LogP contribution in [-0.2, 0) is 4.79 Å². The Hall–Kier alpha value is -2.17. The Kier molecular flexibility index (Phi) is 4.17. The van der Waals surface area contributed by atoms with Gasteiger partial charge in [0.15, 0.2) is 0 Å². The van der Waals surface area contributed by atoms with Gasteiger partial charge in [-0.05, 0) is 42.4 Å². The number of carboxylic acid groups (broad SMARTS) is 1. The highest BCUT2D eigenvalue weighted by Crippen LogP contribution is 2.47. The first-order valence-corrected chi connectivity index (χ1v) is 6.70. The summed E-state index contributed by atoms with van der Waals surface area (Å²) in [6.07, 6.45) is 7.40. The zero-order chi connectivity index (χ0) is 14.6. The minimum Gasteiger partial charge on any atom is -0.478 e. The average molecular weight is 274 g/mol. The van der Waals surface area contributed by atoms with E-state index in [9.17, 15) is 9.59 Å². The molecule has 1 heterocycles. The summed E-state index contributed by atoms with van der Waals surface area (Å²) in [5.41, 5.74) is 1.31. The Balaban J connectivity index is 1.92. The van der Waals surface area contributed by atoms with E-state index in [1.165, 1.54) is 25.1 Å². The quantitative estimate of drug-likeness (QED) is 0.779. The number of amides is 1. The lowest BCUT2D eigenvalue weighted by atomic mass is 10.0. The summed E-state index contributed by atoms with van der Waals surface area (Å²) in [4.78, 5) is 26.4. The van der Waals surface area contributed by atoms with E-state index >= 15 is 0 Å². The van der Waals surface area contributed by atoms with Crippen molar-refractivity contribution in [1.29, 1.82) is 0 Å². The molecular formula is C15H18N2O3. The van der Waals surface area contributed by atoms with E-state index in [1.54, 1.807) is 12.1 Å². The maximum absolute atomic E-state index is 11.9. The first-order valence-electron chi connectivity index (χ1n) is 6.70. The number of pyridine rings is 1. The number of aliphatic carboxylic acids is 1. The number of nitrogens with zero attached hydrogens (tertiary/aromatic N) is 1. The molecule has 0 aliphatic heterocycles. The summed E-state index contributed by atoms with van der Waals surface area (Å²) in [6.45, 7) is 2.84. The van der Waals surface area contributed by atoms with Gasteiger partial charge < -0.3 is 10.4 Å². The Labute approximate surface area is 117 Å². The van der Waals surface area contributed by atoms with Crippen LogP contribution >= 0.6 is 0 Å². The zero-order valence-electron chi connectivity index (χ0n) is 11.4. The zero-order valence-corrected chi connectivity index (χ0v) is 11.4. The van der Waals surface area contributed by atoms with Crippen LogP contribution in [-0.4, -0.2) is 28.5 Å². The first-order chi connectivity index (χ1) is 9.54. The van der Waals surface area contributed by atoms with Gasteiger partial charge in [-0.3, -0.25) is 9.78 Å². The van der Waals surface area contributed by atoms with Gasteiger partial charge in [0.05, 0.1) is 0 Å². The van der Waals surface area contributed by atoms with Crippen LogP contribution in [0, 0.1) is 5.41 Å². The van der Waals surface area contributed by atoms with Gasteiger partial charge in [-0.2, -0.15) is 0 Å². The molecule has 0 spiro atoms. The maximum atomic E-state index is 11.9. The van der Waals surface area contributed by atoms with E-state index in [0.29, 0.717) is 23.2 Å². The van der Waals surface area contributed by atoms with Crippen molar-refractivity contribution >= 4 is 18.0 Å². The predicted molar refractivity (Wildman–Crippen MR) is 75.2 cm³/mol. The van der Waals surface area contributed by atoms with Crippen molar-refractivity contribution in [3.05, 3.63) is 35.7 Å². The maximum Gasteiger partial charge on any atom is 0.328 e. The third-order valence-corrected chi connectivity index (χ3v) is 3.77. The molecule has 1 aromatic rings. The molecule has 0 atom stereocenters. The van der Waals surface area contributed by atoms with E-state index in [0.717, 1.165) is 12.5 Å². The number of carboxylic acids is 1. The van der Waals surface area contributed by atoms with Crippen molar-refractivity contribution in [3.63, 3.8) is 0 Å².